The number of aromatic nitrogens is 1. The van der Waals surface area contributed by atoms with Gasteiger partial charge in [-0.15, -0.1) is 0 Å². The van der Waals surface area contributed by atoms with Gasteiger partial charge in [0.15, 0.2) is 6.10 Å². The molecule has 3 rings (SSSR count). The second-order valence-electron chi connectivity index (χ2n) is 5.92. The van der Waals surface area contributed by atoms with Gasteiger partial charge in [-0.3, -0.25) is 4.79 Å². The molecular formula is C17H15F3N2O2. The Morgan fingerprint density at radius 1 is 1.17 bits per heavy atom. The van der Waals surface area contributed by atoms with Gasteiger partial charge in [0.2, 0.25) is 5.91 Å². The van der Waals surface area contributed by atoms with Crippen LogP contribution < -0.4 is 5.73 Å². The highest BCUT2D eigenvalue weighted by Gasteiger charge is 2.49. The third kappa shape index (κ3) is 2.87. The molecule has 1 unspecified atom stereocenters. The number of rotatable bonds is 4. The molecule has 1 heterocycles. The number of carbonyl (C=O) groups excluding carboxylic acids is 1. The number of nitrogens with zero attached hydrogens (tertiary/aromatic N) is 1. The normalized spacial score (nSPS) is 17.3. The van der Waals surface area contributed by atoms with E-state index in [1.54, 1.807) is 30.3 Å². The van der Waals surface area contributed by atoms with Crippen LogP contribution >= 0.6 is 0 Å². The Kier molecular flexibility index (Phi) is 3.83. The van der Waals surface area contributed by atoms with Crippen molar-refractivity contribution in [3.8, 4) is 11.3 Å². The van der Waals surface area contributed by atoms with Gasteiger partial charge in [0.1, 0.15) is 0 Å². The lowest BCUT2D eigenvalue weighted by molar-refractivity contribution is -0.207. The van der Waals surface area contributed by atoms with Crippen LogP contribution in [0.1, 0.15) is 30.2 Å². The molecule has 0 bridgehead atoms. The highest BCUT2D eigenvalue weighted by Crippen LogP contribution is 2.48. The standard InChI is InChI=1S/C17H15F3N2O2/c18-17(19,20)14(23)13-3-1-2-12(22-13)10-4-6-11(7-5-10)16(8-9-16)15(21)24/h1-7,14,23H,8-9H2,(H2,21,24). The van der Waals surface area contributed by atoms with Crippen LogP contribution in [0.4, 0.5) is 13.2 Å². The third-order valence-electron chi connectivity index (χ3n) is 4.32. The topological polar surface area (TPSA) is 76.2 Å². The smallest absolute Gasteiger partial charge is 0.378 e. The van der Waals surface area contributed by atoms with E-state index in [0.717, 1.165) is 11.6 Å². The maximum atomic E-state index is 12.6. The maximum absolute atomic E-state index is 12.6. The zero-order chi connectivity index (χ0) is 17.5. The summed E-state index contributed by atoms with van der Waals surface area (Å²) >= 11 is 0. The molecule has 1 aromatic heterocycles. The van der Waals surface area contributed by atoms with E-state index in [1.807, 2.05) is 0 Å². The minimum atomic E-state index is -4.77. The number of pyridine rings is 1. The molecule has 0 aliphatic heterocycles. The zero-order valence-electron chi connectivity index (χ0n) is 12.5. The summed E-state index contributed by atoms with van der Waals surface area (Å²) in [5.41, 5.74) is 6.05. The van der Waals surface area contributed by atoms with E-state index in [9.17, 15) is 23.1 Å². The Labute approximate surface area is 136 Å². The number of alkyl halides is 3. The molecule has 2 aromatic rings. The van der Waals surface area contributed by atoms with Crippen LogP contribution in [0, 0.1) is 0 Å². The molecule has 3 N–H and O–H groups in total. The zero-order valence-corrected chi connectivity index (χ0v) is 12.5. The lowest BCUT2D eigenvalue weighted by Crippen LogP contribution is -2.28. The summed E-state index contributed by atoms with van der Waals surface area (Å²) < 4.78 is 37.8. The second-order valence-corrected chi connectivity index (χ2v) is 5.92. The number of amides is 1. The van der Waals surface area contributed by atoms with Gasteiger partial charge in [-0.25, -0.2) is 4.98 Å². The van der Waals surface area contributed by atoms with E-state index in [0.29, 0.717) is 24.1 Å². The van der Waals surface area contributed by atoms with Crippen molar-refractivity contribution in [2.45, 2.75) is 30.5 Å². The maximum Gasteiger partial charge on any atom is 0.420 e. The minimum Gasteiger partial charge on any atom is -0.378 e. The summed E-state index contributed by atoms with van der Waals surface area (Å²) in [7, 11) is 0. The Morgan fingerprint density at radius 3 is 2.29 bits per heavy atom. The van der Waals surface area contributed by atoms with E-state index in [4.69, 9.17) is 5.73 Å². The number of aliphatic hydroxyl groups excluding tert-OH is 1. The molecule has 1 aromatic carbocycles. The SMILES string of the molecule is NC(=O)C1(c2ccc(-c3cccc(C(O)C(F)(F)F)n3)cc2)CC1. The Bertz CT molecular complexity index is 768. The third-order valence-corrected chi connectivity index (χ3v) is 4.32. The van der Waals surface area contributed by atoms with Crippen molar-refractivity contribution in [3.63, 3.8) is 0 Å². The Balaban J connectivity index is 1.89. The van der Waals surface area contributed by atoms with E-state index in [2.05, 4.69) is 4.98 Å². The lowest BCUT2D eigenvalue weighted by Gasteiger charge is -2.15. The molecule has 1 atom stereocenters. The molecule has 0 saturated heterocycles. The molecule has 126 valence electrons. The van der Waals surface area contributed by atoms with Crippen LogP contribution in [0.15, 0.2) is 42.5 Å². The molecule has 1 aliphatic rings. The summed E-state index contributed by atoms with van der Waals surface area (Å²) in [5, 5.41) is 9.31. The van der Waals surface area contributed by atoms with Gasteiger partial charge in [-0.1, -0.05) is 30.3 Å². The van der Waals surface area contributed by atoms with Crippen molar-refractivity contribution in [3.05, 3.63) is 53.7 Å². The average Bonchev–Trinajstić information content (AvgIpc) is 3.35. The van der Waals surface area contributed by atoms with E-state index in [-0.39, 0.29) is 5.91 Å². The first-order valence-electron chi connectivity index (χ1n) is 7.36. The first-order chi connectivity index (χ1) is 11.2. The van der Waals surface area contributed by atoms with Gasteiger partial charge < -0.3 is 10.8 Å². The fraction of sp³-hybridized carbons (Fsp3) is 0.294. The molecule has 1 aliphatic carbocycles. The quantitative estimate of drug-likeness (QED) is 0.901. The number of aliphatic hydroxyl groups is 1. The molecule has 0 radical (unpaired) electrons. The summed E-state index contributed by atoms with van der Waals surface area (Å²) in [6, 6.07) is 10.9. The molecule has 1 fully saturated rings. The van der Waals surface area contributed by atoms with Crippen molar-refractivity contribution >= 4 is 5.91 Å². The fourth-order valence-corrected chi connectivity index (χ4v) is 2.69. The summed E-state index contributed by atoms with van der Waals surface area (Å²) in [4.78, 5) is 15.4. The largest absolute Gasteiger partial charge is 0.420 e. The second kappa shape index (κ2) is 5.59. The van der Waals surface area contributed by atoms with Crippen LogP contribution in [0.2, 0.25) is 0 Å². The number of halogens is 3. The van der Waals surface area contributed by atoms with Crippen molar-refractivity contribution in [1.29, 1.82) is 0 Å². The van der Waals surface area contributed by atoms with Gasteiger partial charge in [0, 0.05) is 5.56 Å². The van der Waals surface area contributed by atoms with Crippen LogP contribution in [0.25, 0.3) is 11.3 Å². The van der Waals surface area contributed by atoms with Crippen molar-refractivity contribution in [2.24, 2.45) is 5.73 Å². The number of primary amides is 1. The van der Waals surface area contributed by atoms with Crippen LogP contribution in [0.5, 0.6) is 0 Å². The summed E-state index contributed by atoms with van der Waals surface area (Å²) in [5.74, 6) is -0.372. The van der Waals surface area contributed by atoms with Gasteiger partial charge in [-0.05, 0) is 30.5 Å². The molecule has 1 saturated carbocycles. The van der Waals surface area contributed by atoms with Crippen molar-refractivity contribution in [2.75, 3.05) is 0 Å². The average molecular weight is 336 g/mol. The van der Waals surface area contributed by atoms with E-state index >= 15 is 0 Å². The molecule has 7 heteroatoms. The van der Waals surface area contributed by atoms with Crippen molar-refractivity contribution < 1.29 is 23.1 Å². The molecule has 24 heavy (non-hydrogen) atoms. The van der Waals surface area contributed by atoms with E-state index in [1.165, 1.54) is 6.07 Å². The monoisotopic (exact) mass is 336 g/mol. The Morgan fingerprint density at radius 2 is 1.79 bits per heavy atom. The first kappa shape index (κ1) is 16.4. The lowest BCUT2D eigenvalue weighted by atomic mass is 9.94. The molecule has 1 amide bonds. The van der Waals surface area contributed by atoms with E-state index < -0.39 is 23.4 Å². The Hall–Kier alpha value is -2.41. The predicted molar refractivity (Wildman–Crippen MR) is 80.8 cm³/mol. The van der Waals surface area contributed by atoms with Gasteiger partial charge in [-0.2, -0.15) is 13.2 Å². The number of nitrogens with two attached hydrogens (primary N) is 1. The first-order valence-corrected chi connectivity index (χ1v) is 7.36. The van der Waals surface area contributed by atoms with Gasteiger partial charge >= 0.3 is 6.18 Å². The highest BCUT2D eigenvalue weighted by atomic mass is 19.4. The van der Waals surface area contributed by atoms with Crippen molar-refractivity contribution in [1.82, 2.24) is 4.98 Å². The number of benzene rings is 1. The predicted octanol–water partition coefficient (Wildman–Crippen LogP) is 2.86. The van der Waals surface area contributed by atoms with Crippen LogP contribution in [-0.2, 0) is 10.2 Å². The summed E-state index contributed by atoms with van der Waals surface area (Å²) in [6.07, 6.45) is -5.99. The molecular weight excluding hydrogens is 321 g/mol. The molecule has 4 nitrogen and oxygen atoms in total. The number of carbonyl (C=O) groups is 1. The summed E-state index contributed by atoms with van der Waals surface area (Å²) in [6.45, 7) is 0. The van der Waals surface area contributed by atoms with Gasteiger partial charge in [0.05, 0.1) is 16.8 Å². The highest BCUT2D eigenvalue weighted by molar-refractivity contribution is 5.90. The fourth-order valence-electron chi connectivity index (χ4n) is 2.69. The number of hydrogen-bond donors (Lipinski definition) is 2. The minimum absolute atomic E-state index is 0.311. The van der Waals surface area contributed by atoms with Gasteiger partial charge in [0.25, 0.3) is 0 Å². The number of hydrogen-bond acceptors (Lipinski definition) is 3. The van der Waals surface area contributed by atoms with Crippen LogP contribution in [-0.4, -0.2) is 22.2 Å². The van der Waals surface area contributed by atoms with Crippen LogP contribution in [0.3, 0.4) is 0 Å². The molecule has 0 spiro atoms.